The molecular formula is C16H12FN3O3. The lowest BCUT2D eigenvalue weighted by atomic mass is 10.1. The Morgan fingerprint density at radius 1 is 0.957 bits per heavy atom. The minimum atomic E-state index is -0.450. The van der Waals surface area contributed by atoms with Crippen molar-refractivity contribution >= 4 is 22.4 Å². The normalized spacial score (nSPS) is 10.7. The van der Waals surface area contributed by atoms with Crippen LogP contribution in [0, 0.1) is 5.82 Å². The monoisotopic (exact) mass is 313 g/mol. The molecule has 0 aliphatic carbocycles. The van der Waals surface area contributed by atoms with E-state index in [4.69, 9.17) is 0 Å². The van der Waals surface area contributed by atoms with Crippen LogP contribution in [0.3, 0.4) is 0 Å². The van der Waals surface area contributed by atoms with Gasteiger partial charge in [-0.2, -0.15) is 0 Å². The van der Waals surface area contributed by atoms with E-state index in [1.807, 2.05) is 0 Å². The number of hydrogen-bond donors (Lipinski definition) is 3. The molecule has 0 unspecified atom stereocenters. The van der Waals surface area contributed by atoms with Gasteiger partial charge in [0.1, 0.15) is 5.82 Å². The van der Waals surface area contributed by atoms with Gasteiger partial charge in [-0.3, -0.25) is 24.6 Å². The van der Waals surface area contributed by atoms with Crippen molar-refractivity contribution in [3.8, 4) is 0 Å². The summed E-state index contributed by atoms with van der Waals surface area (Å²) < 4.78 is 12.8. The van der Waals surface area contributed by atoms with Crippen molar-refractivity contribution < 1.29 is 9.18 Å². The Labute approximate surface area is 129 Å². The van der Waals surface area contributed by atoms with E-state index in [1.54, 1.807) is 6.07 Å². The fraction of sp³-hybridized carbons (Fsp3) is 0.0625. The summed E-state index contributed by atoms with van der Waals surface area (Å²) in [5, 5.41) is 7.53. The number of rotatable bonds is 3. The summed E-state index contributed by atoms with van der Waals surface area (Å²) in [6, 6.07) is 10.1. The van der Waals surface area contributed by atoms with Crippen LogP contribution in [0.5, 0.6) is 0 Å². The molecule has 0 bridgehead atoms. The number of carbonyl (C=O) groups is 1. The van der Waals surface area contributed by atoms with Crippen molar-refractivity contribution in [1.82, 2.24) is 10.2 Å². The molecule has 0 saturated carbocycles. The van der Waals surface area contributed by atoms with Crippen LogP contribution in [-0.4, -0.2) is 16.1 Å². The number of benzene rings is 2. The Kier molecular flexibility index (Phi) is 3.76. The van der Waals surface area contributed by atoms with E-state index in [9.17, 15) is 18.8 Å². The summed E-state index contributed by atoms with van der Waals surface area (Å²) in [4.78, 5) is 35.3. The Hall–Kier alpha value is -3.22. The first-order chi connectivity index (χ1) is 11.0. The second kappa shape index (κ2) is 5.88. The molecule has 3 aromatic rings. The number of halogens is 1. The van der Waals surface area contributed by atoms with E-state index in [-0.39, 0.29) is 28.9 Å². The highest BCUT2D eigenvalue weighted by atomic mass is 19.1. The van der Waals surface area contributed by atoms with Gasteiger partial charge in [-0.15, -0.1) is 0 Å². The molecule has 1 aromatic heterocycles. The number of aromatic nitrogens is 2. The highest BCUT2D eigenvalue weighted by molar-refractivity contribution is 5.95. The summed E-state index contributed by atoms with van der Waals surface area (Å²) in [5.74, 6) is -0.676. The third kappa shape index (κ3) is 3.18. The van der Waals surface area contributed by atoms with Gasteiger partial charge in [-0.1, -0.05) is 12.1 Å². The van der Waals surface area contributed by atoms with Gasteiger partial charge in [0, 0.05) is 5.69 Å². The predicted molar refractivity (Wildman–Crippen MR) is 83.9 cm³/mol. The van der Waals surface area contributed by atoms with E-state index in [0.717, 1.165) is 0 Å². The van der Waals surface area contributed by atoms with Gasteiger partial charge in [0.2, 0.25) is 5.91 Å². The van der Waals surface area contributed by atoms with Gasteiger partial charge < -0.3 is 5.32 Å². The lowest BCUT2D eigenvalue weighted by Gasteiger charge is -2.06. The minimum absolute atomic E-state index is 0.0735. The van der Waals surface area contributed by atoms with E-state index in [2.05, 4.69) is 15.5 Å². The quantitative estimate of drug-likeness (QED) is 0.684. The molecule has 0 radical (unpaired) electrons. The molecule has 1 amide bonds. The topological polar surface area (TPSA) is 94.8 Å². The van der Waals surface area contributed by atoms with Crippen LogP contribution >= 0.6 is 0 Å². The Morgan fingerprint density at radius 2 is 1.61 bits per heavy atom. The van der Waals surface area contributed by atoms with Crippen molar-refractivity contribution in [2.45, 2.75) is 6.42 Å². The molecule has 23 heavy (non-hydrogen) atoms. The number of carbonyl (C=O) groups excluding carboxylic acids is 1. The molecule has 3 N–H and O–H groups in total. The average Bonchev–Trinajstić information content (AvgIpc) is 2.53. The molecule has 2 aromatic carbocycles. The summed E-state index contributed by atoms with van der Waals surface area (Å²) in [5.41, 5.74) is 0.206. The zero-order valence-corrected chi connectivity index (χ0v) is 11.9. The Morgan fingerprint density at radius 3 is 2.30 bits per heavy atom. The van der Waals surface area contributed by atoms with E-state index in [0.29, 0.717) is 11.3 Å². The first kappa shape index (κ1) is 14.7. The average molecular weight is 313 g/mol. The predicted octanol–water partition coefficient (Wildman–Crippen LogP) is 1.54. The van der Waals surface area contributed by atoms with Gasteiger partial charge in [0.15, 0.2) is 0 Å². The van der Waals surface area contributed by atoms with Crippen molar-refractivity contribution in [2.24, 2.45) is 0 Å². The molecule has 0 fully saturated rings. The molecule has 6 nitrogen and oxygen atoms in total. The third-order valence-corrected chi connectivity index (χ3v) is 3.36. The smallest absolute Gasteiger partial charge is 0.270 e. The molecule has 116 valence electrons. The van der Waals surface area contributed by atoms with Crippen LogP contribution in [0.1, 0.15) is 5.56 Å². The maximum absolute atomic E-state index is 12.8. The fourth-order valence-corrected chi connectivity index (χ4v) is 2.25. The molecule has 3 rings (SSSR count). The van der Waals surface area contributed by atoms with Gasteiger partial charge in [-0.25, -0.2) is 4.39 Å². The van der Waals surface area contributed by atoms with E-state index < -0.39 is 11.1 Å². The molecular weight excluding hydrogens is 301 g/mol. The second-order valence-corrected chi connectivity index (χ2v) is 5.02. The van der Waals surface area contributed by atoms with Crippen molar-refractivity contribution in [1.29, 1.82) is 0 Å². The number of aromatic amines is 2. The van der Waals surface area contributed by atoms with E-state index >= 15 is 0 Å². The number of hydrogen-bond acceptors (Lipinski definition) is 3. The maximum atomic E-state index is 12.8. The molecule has 1 heterocycles. The zero-order chi connectivity index (χ0) is 16.4. The lowest BCUT2D eigenvalue weighted by molar-refractivity contribution is -0.115. The number of nitrogens with one attached hydrogen (secondary N) is 3. The summed E-state index contributed by atoms with van der Waals surface area (Å²) in [6.07, 6.45) is 0.0735. The van der Waals surface area contributed by atoms with Crippen LogP contribution in [0.15, 0.2) is 52.1 Å². The van der Waals surface area contributed by atoms with Gasteiger partial charge >= 0.3 is 0 Å². The molecule has 0 atom stereocenters. The van der Waals surface area contributed by atoms with Crippen LogP contribution in [0.4, 0.5) is 10.1 Å². The Balaban J connectivity index is 1.82. The van der Waals surface area contributed by atoms with Crippen molar-refractivity contribution in [2.75, 3.05) is 5.32 Å². The molecule has 0 saturated heterocycles. The Bertz CT molecular complexity index is 990. The van der Waals surface area contributed by atoms with Crippen molar-refractivity contribution in [3.05, 3.63) is 74.6 Å². The van der Waals surface area contributed by atoms with Crippen molar-refractivity contribution in [3.63, 3.8) is 0 Å². The summed E-state index contributed by atoms with van der Waals surface area (Å²) in [7, 11) is 0. The van der Waals surface area contributed by atoms with Crippen LogP contribution in [0.2, 0.25) is 0 Å². The number of fused-ring (bicyclic) bond motifs is 1. The largest absolute Gasteiger partial charge is 0.326 e. The fourth-order valence-electron chi connectivity index (χ4n) is 2.25. The lowest BCUT2D eigenvalue weighted by Crippen LogP contribution is -2.19. The standard InChI is InChI=1S/C16H12FN3O3/c17-10-3-1-9(2-4-10)7-14(21)18-11-5-6-12-13(8-11)16(23)20-19-15(12)22/h1-6,8H,7H2,(H,18,21)(H,19,22)(H,20,23). The molecule has 0 spiro atoms. The first-order valence-corrected chi connectivity index (χ1v) is 6.82. The first-order valence-electron chi connectivity index (χ1n) is 6.82. The highest BCUT2D eigenvalue weighted by Crippen LogP contribution is 2.13. The number of anilines is 1. The second-order valence-electron chi connectivity index (χ2n) is 5.02. The molecule has 0 aliphatic rings. The summed E-state index contributed by atoms with van der Waals surface area (Å²) in [6.45, 7) is 0. The maximum Gasteiger partial charge on any atom is 0.270 e. The van der Waals surface area contributed by atoms with Crippen LogP contribution in [-0.2, 0) is 11.2 Å². The van der Waals surface area contributed by atoms with Crippen LogP contribution < -0.4 is 16.4 Å². The zero-order valence-electron chi connectivity index (χ0n) is 11.9. The van der Waals surface area contributed by atoms with Crippen LogP contribution in [0.25, 0.3) is 10.8 Å². The highest BCUT2D eigenvalue weighted by Gasteiger charge is 2.08. The van der Waals surface area contributed by atoms with Gasteiger partial charge in [-0.05, 0) is 35.9 Å². The number of H-pyrrole nitrogens is 2. The van der Waals surface area contributed by atoms with Gasteiger partial charge in [0.25, 0.3) is 11.1 Å². The summed E-state index contributed by atoms with van der Waals surface area (Å²) >= 11 is 0. The molecule has 7 heteroatoms. The minimum Gasteiger partial charge on any atom is -0.326 e. The van der Waals surface area contributed by atoms with Gasteiger partial charge in [0.05, 0.1) is 17.2 Å². The third-order valence-electron chi connectivity index (χ3n) is 3.36. The number of amides is 1. The van der Waals surface area contributed by atoms with E-state index in [1.165, 1.54) is 36.4 Å². The molecule has 0 aliphatic heterocycles. The SMILES string of the molecule is O=C(Cc1ccc(F)cc1)Nc1ccc2c(=O)[nH][nH]c(=O)c2c1.